The maximum atomic E-state index is 12.2. The summed E-state index contributed by atoms with van der Waals surface area (Å²) in [6, 6.07) is 17.5. The maximum Gasteiger partial charge on any atom is 0.164 e. The van der Waals surface area contributed by atoms with Crippen LogP contribution in [0.15, 0.2) is 48.5 Å². The van der Waals surface area contributed by atoms with Crippen LogP contribution >= 0.6 is 0 Å². The van der Waals surface area contributed by atoms with E-state index in [4.69, 9.17) is 0 Å². The van der Waals surface area contributed by atoms with Crippen molar-refractivity contribution in [2.45, 2.75) is 26.2 Å². The third-order valence-corrected chi connectivity index (χ3v) is 3.40. The van der Waals surface area contributed by atoms with Crippen LogP contribution in [0.4, 0.5) is 0 Å². The predicted octanol–water partition coefficient (Wildman–Crippen LogP) is 4.18. The molecule has 0 amide bonds. The van der Waals surface area contributed by atoms with E-state index in [1.165, 1.54) is 0 Å². The Morgan fingerprint density at radius 1 is 1.00 bits per heavy atom. The van der Waals surface area contributed by atoms with Gasteiger partial charge in [0.2, 0.25) is 0 Å². The number of benzene rings is 2. The Kier molecular flexibility index (Phi) is 4.32. The summed E-state index contributed by atoms with van der Waals surface area (Å²) in [5.74, 6) is -0.374. The van der Waals surface area contributed by atoms with Crippen LogP contribution in [0, 0.1) is 25.2 Å². The van der Waals surface area contributed by atoms with E-state index in [1.54, 1.807) is 0 Å². The number of hydrogen-bond acceptors (Lipinski definition) is 2. The van der Waals surface area contributed by atoms with E-state index in [0.29, 0.717) is 5.56 Å². The fourth-order valence-corrected chi connectivity index (χ4v) is 2.08. The molecule has 2 heteroatoms. The minimum atomic E-state index is -0.385. The predicted molar refractivity (Wildman–Crippen MR) is 79.7 cm³/mol. The Bertz CT molecular complexity index is 633. The van der Waals surface area contributed by atoms with Crippen molar-refractivity contribution in [2.24, 2.45) is 0 Å². The molecular weight excluding hydrogens is 246 g/mol. The second-order valence-electron chi connectivity index (χ2n) is 5.09. The quantitative estimate of drug-likeness (QED) is 0.776. The summed E-state index contributed by atoms with van der Waals surface area (Å²) in [6.07, 6.45) is 0.225. The molecule has 0 saturated carbocycles. The van der Waals surface area contributed by atoms with Crippen LogP contribution in [-0.4, -0.2) is 5.78 Å². The highest BCUT2D eigenvalue weighted by Crippen LogP contribution is 2.21. The summed E-state index contributed by atoms with van der Waals surface area (Å²) in [7, 11) is 0. The summed E-state index contributed by atoms with van der Waals surface area (Å²) >= 11 is 0. The molecule has 0 aliphatic carbocycles. The maximum absolute atomic E-state index is 12.2. The van der Waals surface area contributed by atoms with Gasteiger partial charge >= 0.3 is 0 Å². The molecule has 0 fully saturated rings. The third kappa shape index (κ3) is 3.33. The van der Waals surface area contributed by atoms with Crippen molar-refractivity contribution in [1.29, 1.82) is 5.26 Å². The molecule has 2 rings (SSSR count). The van der Waals surface area contributed by atoms with Gasteiger partial charge in [0.05, 0.1) is 12.0 Å². The lowest BCUT2D eigenvalue weighted by molar-refractivity contribution is 0.0979. The zero-order chi connectivity index (χ0) is 14.5. The van der Waals surface area contributed by atoms with Crippen molar-refractivity contribution >= 4 is 5.78 Å². The van der Waals surface area contributed by atoms with Crippen molar-refractivity contribution in [3.63, 3.8) is 0 Å². The average Bonchev–Trinajstić information content (AvgIpc) is 2.46. The number of rotatable bonds is 4. The van der Waals surface area contributed by atoms with Crippen LogP contribution < -0.4 is 0 Å². The Hall–Kier alpha value is -2.40. The monoisotopic (exact) mass is 263 g/mol. The smallest absolute Gasteiger partial charge is 0.164 e. The lowest BCUT2D eigenvalue weighted by Gasteiger charge is -2.09. The van der Waals surface area contributed by atoms with Gasteiger partial charge in [0.1, 0.15) is 0 Å². The SMILES string of the molecule is Cc1ccc(C(=O)C[C@@H](C#N)c2ccc(C)cc2)cc1. The molecule has 0 radical (unpaired) electrons. The molecule has 0 aliphatic heterocycles. The zero-order valence-corrected chi connectivity index (χ0v) is 11.8. The second kappa shape index (κ2) is 6.16. The molecule has 2 aromatic rings. The fourth-order valence-electron chi connectivity index (χ4n) is 2.08. The number of nitriles is 1. The number of nitrogens with zero attached hydrogens (tertiary/aromatic N) is 1. The van der Waals surface area contributed by atoms with E-state index in [2.05, 4.69) is 6.07 Å². The number of carbonyl (C=O) groups excluding carboxylic acids is 1. The van der Waals surface area contributed by atoms with E-state index in [1.807, 2.05) is 62.4 Å². The van der Waals surface area contributed by atoms with Crippen LogP contribution in [0.1, 0.15) is 39.4 Å². The van der Waals surface area contributed by atoms with Crippen LogP contribution in [0.25, 0.3) is 0 Å². The molecule has 2 aromatic carbocycles. The average molecular weight is 263 g/mol. The molecule has 20 heavy (non-hydrogen) atoms. The summed E-state index contributed by atoms with van der Waals surface area (Å²) in [6.45, 7) is 3.99. The molecule has 0 aromatic heterocycles. The molecule has 0 unspecified atom stereocenters. The van der Waals surface area contributed by atoms with Crippen LogP contribution in [0.3, 0.4) is 0 Å². The summed E-state index contributed by atoms with van der Waals surface area (Å²) in [4.78, 5) is 12.2. The van der Waals surface area contributed by atoms with Gasteiger partial charge in [-0.25, -0.2) is 0 Å². The first-order chi connectivity index (χ1) is 9.60. The van der Waals surface area contributed by atoms with Crippen LogP contribution in [0.2, 0.25) is 0 Å². The Morgan fingerprint density at radius 2 is 1.50 bits per heavy atom. The third-order valence-electron chi connectivity index (χ3n) is 3.40. The van der Waals surface area contributed by atoms with Gasteiger partial charge in [-0.2, -0.15) is 5.26 Å². The Labute approximate surface area is 119 Å². The number of carbonyl (C=O) groups is 1. The first kappa shape index (κ1) is 14.0. The van der Waals surface area contributed by atoms with E-state index in [9.17, 15) is 10.1 Å². The lowest BCUT2D eigenvalue weighted by Crippen LogP contribution is -2.06. The highest BCUT2D eigenvalue weighted by Gasteiger charge is 2.16. The molecule has 0 heterocycles. The van der Waals surface area contributed by atoms with Gasteiger partial charge in [-0.1, -0.05) is 59.7 Å². The molecule has 0 bridgehead atoms. The number of hydrogen-bond donors (Lipinski definition) is 0. The van der Waals surface area contributed by atoms with Gasteiger partial charge in [-0.3, -0.25) is 4.79 Å². The van der Waals surface area contributed by atoms with Crippen molar-refractivity contribution in [2.75, 3.05) is 0 Å². The molecule has 1 atom stereocenters. The van der Waals surface area contributed by atoms with Crippen LogP contribution in [0.5, 0.6) is 0 Å². The molecule has 100 valence electrons. The fraction of sp³-hybridized carbons (Fsp3) is 0.222. The molecule has 0 aliphatic rings. The van der Waals surface area contributed by atoms with E-state index in [-0.39, 0.29) is 18.1 Å². The topological polar surface area (TPSA) is 40.9 Å². The number of ketones is 1. The van der Waals surface area contributed by atoms with Crippen molar-refractivity contribution in [1.82, 2.24) is 0 Å². The normalized spacial score (nSPS) is 11.7. The Morgan fingerprint density at radius 3 is 2.00 bits per heavy atom. The summed E-state index contributed by atoms with van der Waals surface area (Å²) in [5, 5.41) is 9.29. The zero-order valence-electron chi connectivity index (χ0n) is 11.8. The molecule has 2 nitrogen and oxygen atoms in total. The minimum Gasteiger partial charge on any atom is -0.294 e. The first-order valence-electron chi connectivity index (χ1n) is 6.66. The Balaban J connectivity index is 2.14. The highest BCUT2D eigenvalue weighted by atomic mass is 16.1. The van der Waals surface area contributed by atoms with Gasteiger partial charge in [-0.05, 0) is 19.4 Å². The van der Waals surface area contributed by atoms with Crippen molar-refractivity contribution in [3.8, 4) is 6.07 Å². The van der Waals surface area contributed by atoms with Gasteiger partial charge in [0.25, 0.3) is 0 Å². The van der Waals surface area contributed by atoms with E-state index in [0.717, 1.165) is 16.7 Å². The van der Waals surface area contributed by atoms with Gasteiger partial charge < -0.3 is 0 Å². The van der Waals surface area contributed by atoms with Gasteiger partial charge in [0, 0.05) is 12.0 Å². The van der Waals surface area contributed by atoms with Gasteiger partial charge in [-0.15, -0.1) is 0 Å². The van der Waals surface area contributed by atoms with Crippen LogP contribution in [-0.2, 0) is 0 Å². The second-order valence-corrected chi connectivity index (χ2v) is 5.09. The molecule has 0 N–H and O–H groups in total. The number of Topliss-reactive ketones (excluding diaryl/α,β-unsaturated/α-hetero) is 1. The largest absolute Gasteiger partial charge is 0.294 e. The van der Waals surface area contributed by atoms with E-state index < -0.39 is 0 Å². The van der Waals surface area contributed by atoms with Gasteiger partial charge in [0.15, 0.2) is 5.78 Å². The molecular formula is C18H17NO. The highest BCUT2D eigenvalue weighted by molar-refractivity contribution is 5.96. The lowest BCUT2D eigenvalue weighted by atomic mass is 9.92. The van der Waals surface area contributed by atoms with Crippen molar-refractivity contribution < 1.29 is 4.79 Å². The molecule has 0 saturated heterocycles. The summed E-state index contributed by atoms with van der Waals surface area (Å²) in [5.41, 5.74) is 3.84. The molecule has 0 spiro atoms. The standard InChI is InChI=1S/C18H17NO/c1-13-3-7-15(8-4-13)17(12-19)11-18(20)16-9-5-14(2)6-10-16/h3-10,17H,11H2,1-2H3/t17-/m0/s1. The number of aryl methyl sites for hydroxylation is 2. The minimum absolute atomic E-state index is 0.0112. The van der Waals surface area contributed by atoms with Crippen molar-refractivity contribution in [3.05, 3.63) is 70.8 Å². The van der Waals surface area contributed by atoms with E-state index >= 15 is 0 Å². The first-order valence-corrected chi connectivity index (χ1v) is 6.66. The summed E-state index contributed by atoms with van der Waals surface area (Å²) < 4.78 is 0.